The van der Waals surface area contributed by atoms with Crippen LogP contribution in [0.5, 0.6) is 11.5 Å². The van der Waals surface area contributed by atoms with E-state index in [0.717, 1.165) is 43.2 Å². The zero-order chi connectivity index (χ0) is 16.9. The summed E-state index contributed by atoms with van der Waals surface area (Å²) in [6.45, 7) is 6.14. The normalized spacial score (nSPS) is 16.6. The molecular formula is C20H26N2O2. The Morgan fingerprint density at radius 3 is 2.17 bits per heavy atom. The first-order chi connectivity index (χ1) is 11.7. The molecule has 4 nitrogen and oxygen atoms in total. The molecule has 0 spiro atoms. The molecule has 0 bridgehead atoms. The van der Waals surface area contributed by atoms with Gasteiger partial charge in [-0.3, -0.25) is 4.90 Å². The third-order valence-corrected chi connectivity index (χ3v) is 4.61. The number of methoxy groups -OCH3 is 2. The zero-order valence-electron chi connectivity index (χ0n) is 14.7. The number of hydrogen-bond acceptors (Lipinski definition) is 4. The van der Waals surface area contributed by atoms with Crippen LogP contribution < -0.4 is 14.8 Å². The summed E-state index contributed by atoms with van der Waals surface area (Å²) in [4.78, 5) is 2.51. The van der Waals surface area contributed by atoms with Crippen molar-refractivity contribution < 1.29 is 9.47 Å². The highest BCUT2D eigenvalue weighted by molar-refractivity contribution is 5.51. The highest BCUT2D eigenvalue weighted by Gasteiger charge is 2.29. The van der Waals surface area contributed by atoms with Crippen molar-refractivity contribution in [3.05, 3.63) is 59.2 Å². The van der Waals surface area contributed by atoms with Gasteiger partial charge in [0, 0.05) is 26.2 Å². The molecule has 1 atom stereocenters. The second kappa shape index (κ2) is 7.69. The van der Waals surface area contributed by atoms with Crippen molar-refractivity contribution in [3.63, 3.8) is 0 Å². The molecule has 1 heterocycles. The second-order valence-corrected chi connectivity index (χ2v) is 6.18. The van der Waals surface area contributed by atoms with Crippen molar-refractivity contribution >= 4 is 0 Å². The number of benzene rings is 2. The van der Waals surface area contributed by atoms with Crippen molar-refractivity contribution in [2.24, 2.45) is 0 Å². The van der Waals surface area contributed by atoms with Crippen LogP contribution in [0.25, 0.3) is 0 Å². The van der Waals surface area contributed by atoms with Crippen LogP contribution in [0, 0.1) is 6.92 Å². The van der Waals surface area contributed by atoms with E-state index in [1.165, 1.54) is 11.1 Å². The van der Waals surface area contributed by atoms with Gasteiger partial charge in [-0.1, -0.05) is 35.9 Å². The van der Waals surface area contributed by atoms with Gasteiger partial charge in [-0.25, -0.2) is 0 Å². The Hall–Kier alpha value is -2.04. The molecular weight excluding hydrogens is 300 g/mol. The van der Waals surface area contributed by atoms with Crippen LogP contribution in [0.1, 0.15) is 22.7 Å². The predicted octanol–water partition coefficient (Wildman–Crippen LogP) is 3.01. The Bertz CT molecular complexity index is 659. The molecule has 2 aromatic rings. The number of rotatable bonds is 5. The van der Waals surface area contributed by atoms with Crippen molar-refractivity contribution in [1.82, 2.24) is 10.2 Å². The molecule has 0 aliphatic carbocycles. The fourth-order valence-corrected chi connectivity index (χ4v) is 3.49. The average molecular weight is 326 g/mol. The van der Waals surface area contributed by atoms with E-state index in [1.807, 2.05) is 18.2 Å². The van der Waals surface area contributed by atoms with Gasteiger partial charge >= 0.3 is 0 Å². The first-order valence-electron chi connectivity index (χ1n) is 8.47. The number of piperazine rings is 1. The molecule has 0 radical (unpaired) electrons. The van der Waals surface area contributed by atoms with Crippen LogP contribution in [0.4, 0.5) is 0 Å². The first-order valence-corrected chi connectivity index (χ1v) is 8.47. The molecule has 1 aliphatic rings. The number of nitrogens with one attached hydrogen (secondary N) is 1. The summed E-state index contributed by atoms with van der Waals surface area (Å²) in [5.41, 5.74) is 3.65. The van der Waals surface area contributed by atoms with Gasteiger partial charge in [0.25, 0.3) is 0 Å². The van der Waals surface area contributed by atoms with E-state index in [2.05, 4.69) is 41.4 Å². The number of nitrogens with zero attached hydrogens (tertiary/aromatic N) is 1. The third-order valence-electron chi connectivity index (χ3n) is 4.61. The molecule has 1 unspecified atom stereocenters. The Morgan fingerprint density at radius 2 is 1.58 bits per heavy atom. The van der Waals surface area contributed by atoms with Crippen LogP contribution in [0.2, 0.25) is 0 Å². The molecule has 1 fully saturated rings. The van der Waals surface area contributed by atoms with Gasteiger partial charge in [0.05, 0.1) is 25.8 Å². The van der Waals surface area contributed by atoms with Gasteiger partial charge < -0.3 is 14.8 Å². The van der Waals surface area contributed by atoms with E-state index in [9.17, 15) is 0 Å². The smallest absolute Gasteiger partial charge is 0.127 e. The Morgan fingerprint density at radius 1 is 0.958 bits per heavy atom. The lowest BCUT2D eigenvalue weighted by Crippen LogP contribution is -2.45. The minimum atomic E-state index is 0.123. The van der Waals surface area contributed by atoms with Gasteiger partial charge in [-0.05, 0) is 24.6 Å². The fourth-order valence-electron chi connectivity index (χ4n) is 3.49. The quantitative estimate of drug-likeness (QED) is 0.916. The van der Waals surface area contributed by atoms with Gasteiger partial charge in [0.1, 0.15) is 11.5 Å². The van der Waals surface area contributed by atoms with Gasteiger partial charge in [-0.15, -0.1) is 0 Å². The summed E-state index contributed by atoms with van der Waals surface area (Å²) in [6, 6.07) is 14.9. The van der Waals surface area contributed by atoms with Crippen LogP contribution in [0.15, 0.2) is 42.5 Å². The second-order valence-electron chi connectivity index (χ2n) is 6.18. The number of ether oxygens (including phenoxy) is 2. The lowest BCUT2D eigenvalue weighted by molar-refractivity contribution is 0.192. The van der Waals surface area contributed by atoms with E-state index in [-0.39, 0.29) is 6.04 Å². The summed E-state index contributed by atoms with van der Waals surface area (Å²) >= 11 is 0. The highest BCUT2D eigenvalue weighted by atomic mass is 16.5. The number of hydrogen-bond donors (Lipinski definition) is 1. The fraction of sp³-hybridized carbons (Fsp3) is 0.400. The minimum Gasteiger partial charge on any atom is -0.496 e. The first kappa shape index (κ1) is 16.8. The van der Waals surface area contributed by atoms with Crippen LogP contribution in [-0.4, -0.2) is 45.3 Å². The van der Waals surface area contributed by atoms with E-state index in [1.54, 1.807) is 14.2 Å². The SMILES string of the molecule is COc1cccc(OC)c1C(c1cccc(C)c1)N1CCNCC1. The van der Waals surface area contributed by atoms with Crippen molar-refractivity contribution in [2.45, 2.75) is 13.0 Å². The molecule has 1 saturated heterocycles. The van der Waals surface area contributed by atoms with Gasteiger partial charge in [-0.2, -0.15) is 0 Å². The molecule has 1 aliphatic heterocycles. The molecule has 1 N–H and O–H groups in total. The summed E-state index contributed by atoms with van der Waals surface area (Å²) in [7, 11) is 3.45. The van der Waals surface area contributed by atoms with E-state index < -0.39 is 0 Å². The Kier molecular flexibility index (Phi) is 5.38. The van der Waals surface area contributed by atoms with E-state index in [0.29, 0.717) is 0 Å². The monoisotopic (exact) mass is 326 g/mol. The summed E-state index contributed by atoms with van der Waals surface area (Å²) in [5.74, 6) is 1.75. The Labute approximate surface area is 144 Å². The summed E-state index contributed by atoms with van der Waals surface area (Å²) in [5, 5.41) is 3.44. The molecule has 3 rings (SSSR count). The zero-order valence-corrected chi connectivity index (χ0v) is 14.7. The topological polar surface area (TPSA) is 33.7 Å². The summed E-state index contributed by atoms with van der Waals surface area (Å²) < 4.78 is 11.4. The molecule has 128 valence electrons. The van der Waals surface area contributed by atoms with E-state index in [4.69, 9.17) is 9.47 Å². The predicted molar refractivity (Wildman–Crippen MR) is 97.0 cm³/mol. The van der Waals surface area contributed by atoms with Crippen LogP contribution in [0.3, 0.4) is 0 Å². The lowest BCUT2D eigenvalue weighted by Gasteiger charge is -2.36. The average Bonchev–Trinajstić information content (AvgIpc) is 2.63. The molecule has 24 heavy (non-hydrogen) atoms. The maximum absolute atomic E-state index is 5.69. The maximum atomic E-state index is 5.69. The van der Waals surface area contributed by atoms with Crippen molar-refractivity contribution in [2.75, 3.05) is 40.4 Å². The molecule has 0 saturated carbocycles. The van der Waals surface area contributed by atoms with Gasteiger partial charge in [0.2, 0.25) is 0 Å². The van der Waals surface area contributed by atoms with Crippen LogP contribution in [-0.2, 0) is 0 Å². The molecule has 0 amide bonds. The van der Waals surface area contributed by atoms with Crippen molar-refractivity contribution in [3.8, 4) is 11.5 Å². The lowest BCUT2D eigenvalue weighted by atomic mass is 9.93. The largest absolute Gasteiger partial charge is 0.496 e. The molecule has 4 heteroatoms. The van der Waals surface area contributed by atoms with Gasteiger partial charge in [0.15, 0.2) is 0 Å². The summed E-state index contributed by atoms with van der Waals surface area (Å²) in [6.07, 6.45) is 0. The van der Waals surface area contributed by atoms with Crippen LogP contribution >= 0.6 is 0 Å². The Balaban J connectivity index is 2.14. The molecule has 2 aromatic carbocycles. The number of aryl methyl sites for hydroxylation is 1. The highest BCUT2D eigenvalue weighted by Crippen LogP contribution is 2.41. The van der Waals surface area contributed by atoms with Crippen molar-refractivity contribution in [1.29, 1.82) is 0 Å². The molecule has 0 aromatic heterocycles. The maximum Gasteiger partial charge on any atom is 0.127 e. The third kappa shape index (κ3) is 3.40. The van der Waals surface area contributed by atoms with E-state index >= 15 is 0 Å². The minimum absolute atomic E-state index is 0.123. The standard InChI is InChI=1S/C20H26N2O2/c1-15-6-4-7-16(14-15)20(22-12-10-21-11-13-22)19-17(23-2)8-5-9-18(19)24-3/h4-9,14,20-21H,10-13H2,1-3H3.